The van der Waals surface area contributed by atoms with Crippen LogP contribution in [0.5, 0.6) is 0 Å². The van der Waals surface area contributed by atoms with Crippen LogP contribution in [0.25, 0.3) is 97.1 Å². The summed E-state index contributed by atoms with van der Waals surface area (Å²) in [6.07, 6.45) is 0. The number of benzene rings is 8. The Kier molecular flexibility index (Phi) is 5.57. The van der Waals surface area contributed by atoms with Crippen LogP contribution in [0.15, 0.2) is 170 Å². The molecule has 0 fully saturated rings. The van der Waals surface area contributed by atoms with Crippen LogP contribution in [-0.4, -0.2) is 9.13 Å². The minimum Gasteiger partial charge on any atom is -0.309 e. The van der Waals surface area contributed by atoms with E-state index in [9.17, 15) is 0 Å². The van der Waals surface area contributed by atoms with Crippen molar-refractivity contribution in [1.82, 2.24) is 9.13 Å². The predicted octanol–water partition coefficient (Wildman–Crippen LogP) is 13.1. The highest BCUT2D eigenvalue weighted by atomic mass is 32.1. The minimum absolute atomic E-state index is 1.18. The number of nitrogens with zero attached hydrogens (tertiary/aromatic N) is 2. The SMILES string of the molecule is c1ccc2cc(-n3c4ccccc4c4cc(-c5ccc6c(c5)c5ccccc5n6-c5ccc6c(c5)sc5ccccc56)ccc43)ccc2c1. The summed E-state index contributed by atoms with van der Waals surface area (Å²) in [5.41, 5.74) is 9.71. The molecular formula is C46H28N2S. The summed E-state index contributed by atoms with van der Waals surface area (Å²) in [4.78, 5) is 0. The van der Waals surface area contributed by atoms with Crippen LogP contribution in [0.3, 0.4) is 0 Å². The Balaban J connectivity index is 1.09. The fraction of sp³-hybridized carbons (Fsp3) is 0. The minimum atomic E-state index is 1.18. The van der Waals surface area contributed by atoms with E-state index in [4.69, 9.17) is 0 Å². The quantitative estimate of drug-likeness (QED) is 0.182. The molecule has 49 heavy (non-hydrogen) atoms. The number of rotatable bonds is 3. The smallest absolute Gasteiger partial charge is 0.0541 e. The van der Waals surface area contributed by atoms with Crippen molar-refractivity contribution in [3.8, 4) is 22.5 Å². The summed E-state index contributed by atoms with van der Waals surface area (Å²) in [6.45, 7) is 0. The van der Waals surface area contributed by atoms with Crippen LogP contribution < -0.4 is 0 Å². The highest BCUT2D eigenvalue weighted by Gasteiger charge is 2.17. The van der Waals surface area contributed by atoms with Crippen LogP contribution >= 0.6 is 11.3 Å². The average Bonchev–Trinajstić information content (AvgIpc) is 3.81. The maximum absolute atomic E-state index is 2.43. The van der Waals surface area contributed by atoms with E-state index < -0.39 is 0 Å². The Morgan fingerprint density at radius 3 is 1.51 bits per heavy atom. The van der Waals surface area contributed by atoms with Gasteiger partial charge in [0.25, 0.3) is 0 Å². The van der Waals surface area contributed by atoms with Gasteiger partial charge < -0.3 is 9.13 Å². The number of para-hydroxylation sites is 2. The van der Waals surface area contributed by atoms with E-state index in [2.05, 4.69) is 179 Å². The Bertz CT molecular complexity index is 3120. The lowest BCUT2D eigenvalue weighted by Gasteiger charge is -2.10. The fourth-order valence-corrected chi connectivity index (χ4v) is 9.17. The van der Waals surface area contributed by atoms with Gasteiger partial charge in [-0.25, -0.2) is 0 Å². The molecule has 3 heteroatoms. The Morgan fingerprint density at radius 1 is 0.306 bits per heavy atom. The number of aromatic nitrogens is 2. The van der Waals surface area contributed by atoms with Gasteiger partial charge >= 0.3 is 0 Å². The molecule has 0 aliphatic heterocycles. The maximum Gasteiger partial charge on any atom is 0.0541 e. The van der Waals surface area contributed by atoms with Gasteiger partial charge in [0.1, 0.15) is 0 Å². The summed E-state index contributed by atoms with van der Waals surface area (Å²) >= 11 is 1.87. The van der Waals surface area contributed by atoms with Crippen molar-refractivity contribution in [3.05, 3.63) is 170 Å². The first-order chi connectivity index (χ1) is 24.3. The highest BCUT2D eigenvalue weighted by molar-refractivity contribution is 7.25. The van der Waals surface area contributed by atoms with E-state index in [0.717, 1.165) is 0 Å². The lowest BCUT2D eigenvalue weighted by molar-refractivity contribution is 1.19. The van der Waals surface area contributed by atoms with Crippen LogP contribution in [0.1, 0.15) is 0 Å². The standard InChI is InChI=1S/C46H28N2S/c1-2-10-30-25-33(20-17-29(30)9-1)47-41-14-6-3-11-35(41)39-26-31(18-23-43(39)47)32-19-24-44-40(27-32)36-12-4-7-15-42(36)48(44)34-21-22-38-37-13-5-8-16-45(37)49-46(38)28-34/h1-28H. The van der Waals surface area contributed by atoms with Crippen molar-refractivity contribution in [2.24, 2.45) is 0 Å². The first kappa shape index (κ1) is 26.9. The molecular weight excluding hydrogens is 613 g/mol. The van der Waals surface area contributed by atoms with Crippen LogP contribution in [0.4, 0.5) is 0 Å². The number of fused-ring (bicyclic) bond motifs is 10. The number of hydrogen-bond acceptors (Lipinski definition) is 1. The molecule has 3 aromatic heterocycles. The third-order valence-corrected chi connectivity index (χ3v) is 11.4. The zero-order valence-corrected chi connectivity index (χ0v) is 27.3. The predicted molar refractivity (Wildman–Crippen MR) is 211 cm³/mol. The number of thiophene rings is 1. The van der Waals surface area contributed by atoms with E-state index in [0.29, 0.717) is 0 Å². The molecule has 0 aliphatic carbocycles. The Labute approximate surface area is 286 Å². The summed E-state index contributed by atoms with van der Waals surface area (Å²) in [5.74, 6) is 0. The van der Waals surface area contributed by atoms with Crippen molar-refractivity contribution < 1.29 is 0 Å². The molecule has 11 rings (SSSR count). The third-order valence-electron chi connectivity index (χ3n) is 10.3. The molecule has 8 aromatic carbocycles. The molecule has 0 N–H and O–H groups in total. The average molecular weight is 641 g/mol. The van der Waals surface area contributed by atoms with Gasteiger partial charge in [-0.2, -0.15) is 0 Å². The van der Waals surface area contributed by atoms with E-state index in [1.54, 1.807) is 0 Å². The summed E-state index contributed by atoms with van der Waals surface area (Å²) < 4.78 is 7.49. The zero-order chi connectivity index (χ0) is 32.1. The molecule has 0 radical (unpaired) electrons. The fourth-order valence-electron chi connectivity index (χ4n) is 8.03. The normalized spacial score (nSPS) is 12.1. The van der Waals surface area contributed by atoms with E-state index in [1.165, 1.54) is 97.1 Å². The molecule has 0 bridgehead atoms. The number of hydrogen-bond donors (Lipinski definition) is 0. The van der Waals surface area contributed by atoms with Gasteiger partial charge in [-0.05, 0) is 88.6 Å². The van der Waals surface area contributed by atoms with Gasteiger partial charge in [0.05, 0.1) is 22.1 Å². The van der Waals surface area contributed by atoms with Gasteiger partial charge in [-0.15, -0.1) is 11.3 Å². The van der Waals surface area contributed by atoms with E-state index >= 15 is 0 Å². The third kappa shape index (κ3) is 3.94. The van der Waals surface area contributed by atoms with Gasteiger partial charge in [0, 0.05) is 53.1 Å². The second-order valence-electron chi connectivity index (χ2n) is 13.0. The van der Waals surface area contributed by atoms with Crippen LogP contribution in [-0.2, 0) is 0 Å². The topological polar surface area (TPSA) is 9.86 Å². The second-order valence-corrected chi connectivity index (χ2v) is 14.1. The Hall–Kier alpha value is -6.16. The molecule has 0 saturated heterocycles. The summed E-state index contributed by atoms with van der Waals surface area (Å²) in [7, 11) is 0. The van der Waals surface area contributed by atoms with Crippen LogP contribution in [0, 0.1) is 0 Å². The first-order valence-electron chi connectivity index (χ1n) is 16.8. The molecule has 0 amide bonds. The van der Waals surface area contributed by atoms with Crippen molar-refractivity contribution >= 4 is 85.9 Å². The molecule has 2 nitrogen and oxygen atoms in total. The van der Waals surface area contributed by atoms with Crippen molar-refractivity contribution in [2.75, 3.05) is 0 Å². The Morgan fingerprint density at radius 2 is 0.816 bits per heavy atom. The van der Waals surface area contributed by atoms with Gasteiger partial charge in [-0.3, -0.25) is 0 Å². The second kappa shape index (κ2) is 10.2. The van der Waals surface area contributed by atoms with Crippen molar-refractivity contribution in [1.29, 1.82) is 0 Å². The molecule has 3 heterocycles. The van der Waals surface area contributed by atoms with Gasteiger partial charge in [0.15, 0.2) is 0 Å². The summed E-state index contributed by atoms with van der Waals surface area (Å²) in [6, 6.07) is 62.5. The first-order valence-corrected chi connectivity index (χ1v) is 17.6. The highest BCUT2D eigenvalue weighted by Crippen LogP contribution is 2.40. The molecule has 228 valence electrons. The largest absolute Gasteiger partial charge is 0.309 e. The molecule has 0 aliphatic rings. The van der Waals surface area contributed by atoms with Crippen LogP contribution in [0.2, 0.25) is 0 Å². The van der Waals surface area contributed by atoms with Crippen molar-refractivity contribution in [3.63, 3.8) is 0 Å². The zero-order valence-electron chi connectivity index (χ0n) is 26.5. The molecule has 0 atom stereocenters. The maximum atomic E-state index is 2.43. The molecule has 0 spiro atoms. The molecule has 11 aromatic rings. The molecule has 0 saturated carbocycles. The van der Waals surface area contributed by atoms with E-state index in [1.807, 2.05) is 11.3 Å². The summed E-state index contributed by atoms with van der Waals surface area (Å²) in [5, 5.41) is 10.2. The lowest BCUT2D eigenvalue weighted by Crippen LogP contribution is -1.94. The molecule has 0 unspecified atom stereocenters. The lowest BCUT2D eigenvalue weighted by atomic mass is 10.0. The van der Waals surface area contributed by atoms with E-state index in [-0.39, 0.29) is 0 Å². The van der Waals surface area contributed by atoms with Crippen molar-refractivity contribution in [2.45, 2.75) is 0 Å². The van der Waals surface area contributed by atoms with Gasteiger partial charge in [0.2, 0.25) is 0 Å². The monoisotopic (exact) mass is 640 g/mol. The van der Waals surface area contributed by atoms with Gasteiger partial charge in [-0.1, -0.05) is 103 Å².